The van der Waals surface area contributed by atoms with Crippen LogP contribution in [0.5, 0.6) is 0 Å². The van der Waals surface area contributed by atoms with Crippen molar-refractivity contribution in [2.24, 2.45) is 4.99 Å². The third-order valence-corrected chi connectivity index (χ3v) is 2.28. The Bertz CT molecular complexity index is 239. The minimum Gasteiger partial charge on any atom is -0.293 e. The molecule has 0 atom stereocenters. The average Bonchev–Trinajstić information content (AvgIpc) is 2.30. The van der Waals surface area contributed by atoms with Gasteiger partial charge in [-0.25, -0.2) is 0 Å². The molecule has 1 aliphatic carbocycles. The molecule has 0 aliphatic heterocycles. The summed E-state index contributed by atoms with van der Waals surface area (Å²) in [5.74, 6) is 0. The molecular formula is C12H20BN. The Hall–Kier alpha value is -0.785. The summed E-state index contributed by atoms with van der Waals surface area (Å²) < 4.78 is 0. The van der Waals surface area contributed by atoms with E-state index in [1.807, 2.05) is 20.9 Å². The second kappa shape index (κ2) is 7.60. The van der Waals surface area contributed by atoms with Gasteiger partial charge in [-0.2, -0.15) is 0 Å². The quantitative estimate of drug-likeness (QED) is 0.561. The normalized spacial score (nSPS) is 22.4. The molecule has 0 amide bonds. The molecule has 0 aromatic rings. The summed E-state index contributed by atoms with van der Waals surface area (Å²) >= 11 is 0. The van der Waals surface area contributed by atoms with Crippen LogP contribution in [0.3, 0.4) is 0 Å². The van der Waals surface area contributed by atoms with Gasteiger partial charge in [-0.15, -0.1) is 0 Å². The Morgan fingerprint density at radius 1 is 1.36 bits per heavy atom. The van der Waals surface area contributed by atoms with E-state index in [1.54, 1.807) is 6.08 Å². The molecule has 2 radical (unpaired) electrons. The highest BCUT2D eigenvalue weighted by molar-refractivity contribution is 6.27. The van der Waals surface area contributed by atoms with Gasteiger partial charge >= 0.3 is 0 Å². The van der Waals surface area contributed by atoms with Crippen LogP contribution in [-0.2, 0) is 0 Å². The van der Waals surface area contributed by atoms with Crippen LogP contribution in [0.2, 0.25) is 0 Å². The van der Waals surface area contributed by atoms with Crippen molar-refractivity contribution in [3.05, 3.63) is 23.7 Å². The summed E-state index contributed by atoms with van der Waals surface area (Å²) in [7, 11) is 7.62. The topological polar surface area (TPSA) is 12.4 Å². The fourth-order valence-electron chi connectivity index (χ4n) is 1.57. The second-order valence-corrected chi connectivity index (χ2v) is 3.02. The van der Waals surface area contributed by atoms with Crippen LogP contribution < -0.4 is 0 Å². The molecule has 0 bridgehead atoms. The summed E-state index contributed by atoms with van der Waals surface area (Å²) in [4.78, 5) is 4.23. The van der Waals surface area contributed by atoms with Gasteiger partial charge in [0.2, 0.25) is 0 Å². The maximum atomic E-state index is 5.79. The van der Waals surface area contributed by atoms with Crippen LogP contribution in [0.4, 0.5) is 0 Å². The van der Waals surface area contributed by atoms with Gasteiger partial charge in [0.15, 0.2) is 0 Å². The van der Waals surface area contributed by atoms with Gasteiger partial charge in [0.1, 0.15) is 7.85 Å². The van der Waals surface area contributed by atoms with Crippen LogP contribution in [0.15, 0.2) is 28.7 Å². The number of aliphatic imine (C=N–C) groups is 1. The number of nitrogens with zero attached hydrogens (tertiary/aromatic N) is 1. The van der Waals surface area contributed by atoms with E-state index in [1.165, 1.54) is 24.1 Å². The van der Waals surface area contributed by atoms with Gasteiger partial charge in [-0.1, -0.05) is 32.0 Å². The molecule has 76 valence electrons. The summed E-state index contributed by atoms with van der Waals surface area (Å²) in [5, 5.41) is 0. The van der Waals surface area contributed by atoms with E-state index in [4.69, 9.17) is 7.85 Å². The van der Waals surface area contributed by atoms with E-state index in [2.05, 4.69) is 11.6 Å². The van der Waals surface area contributed by atoms with Gasteiger partial charge in [-0.3, -0.25) is 4.99 Å². The third kappa shape index (κ3) is 3.53. The number of allylic oxidation sites excluding steroid dienone is 3. The molecule has 0 spiro atoms. The molecule has 2 heteroatoms. The molecule has 1 fully saturated rings. The van der Waals surface area contributed by atoms with Crippen LogP contribution in [0, 0.1) is 0 Å². The van der Waals surface area contributed by atoms with Crippen molar-refractivity contribution in [1.29, 1.82) is 0 Å². The first-order valence-electron chi connectivity index (χ1n) is 5.36. The van der Waals surface area contributed by atoms with Crippen LogP contribution in [0.1, 0.15) is 39.5 Å². The predicted molar refractivity (Wildman–Crippen MR) is 66.2 cm³/mol. The van der Waals surface area contributed by atoms with Crippen molar-refractivity contribution in [2.75, 3.05) is 7.05 Å². The van der Waals surface area contributed by atoms with E-state index in [0.717, 1.165) is 18.3 Å². The number of hydrogen-bond donors (Lipinski definition) is 0. The van der Waals surface area contributed by atoms with Crippen molar-refractivity contribution in [1.82, 2.24) is 0 Å². The Labute approximate surface area is 89.4 Å². The molecule has 0 heterocycles. The minimum atomic E-state index is 0.801. The lowest BCUT2D eigenvalue weighted by Gasteiger charge is -2.18. The molecule has 0 unspecified atom stereocenters. The average molecular weight is 189 g/mol. The largest absolute Gasteiger partial charge is 0.293 e. The van der Waals surface area contributed by atoms with E-state index < -0.39 is 0 Å². The molecule has 0 aromatic carbocycles. The van der Waals surface area contributed by atoms with Gasteiger partial charge in [-0.05, 0) is 31.3 Å². The van der Waals surface area contributed by atoms with Crippen molar-refractivity contribution in [3.63, 3.8) is 0 Å². The van der Waals surface area contributed by atoms with Gasteiger partial charge in [0.05, 0.1) is 0 Å². The first kappa shape index (κ1) is 13.2. The Kier molecular flexibility index (Phi) is 7.18. The zero-order valence-corrected chi connectivity index (χ0v) is 9.64. The third-order valence-electron chi connectivity index (χ3n) is 2.28. The van der Waals surface area contributed by atoms with Gasteiger partial charge in [0, 0.05) is 12.8 Å². The molecule has 1 rings (SSSR count). The lowest BCUT2D eigenvalue weighted by Crippen LogP contribution is -2.11. The highest BCUT2D eigenvalue weighted by Crippen LogP contribution is 2.23. The zero-order valence-electron chi connectivity index (χ0n) is 9.64. The van der Waals surface area contributed by atoms with Crippen molar-refractivity contribution >= 4 is 13.6 Å². The monoisotopic (exact) mass is 189 g/mol. The summed E-state index contributed by atoms with van der Waals surface area (Å²) in [6.07, 6.45) is 6.31. The second-order valence-electron chi connectivity index (χ2n) is 3.02. The fourth-order valence-corrected chi connectivity index (χ4v) is 1.57. The SMILES string of the molecule is CC.[B]/C(C=C)=C1\CCCCC1=NC. The van der Waals surface area contributed by atoms with Crippen LogP contribution in [-0.4, -0.2) is 20.6 Å². The predicted octanol–water partition coefficient (Wildman–Crippen LogP) is 3.27. The number of rotatable bonds is 1. The summed E-state index contributed by atoms with van der Waals surface area (Å²) in [5.41, 5.74) is 3.17. The molecule has 0 aromatic heterocycles. The zero-order chi connectivity index (χ0) is 11.0. The van der Waals surface area contributed by atoms with Crippen molar-refractivity contribution in [3.8, 4) is 0 Å². The number of hydrogen-bond acceptors (Lipinski definition) is 1. The molecular weight excluding hydrogens is 169 g/mol. The van der Waals surface area contributed by atoms with Crippen molar-refractivity contribution in [2.45, 2.75) is 39.5 Å². The molecule has 1 nitrogen and oxygen atoms in total. The molecule has 14 heavy (non-hydrogen) atoms. The standard InChI is InChI=1S/C10H14BN.C2H6/c1-3-9(11)8-6-4-5-7-10(8)12-2;1-2/h3H,1,4-7H2,2H3;1-2H3/b9-8+,12-10?;. The first-order valence-corrected chi connectivity index (χ1v) is 5.36. The van der Waals surface area contributed by atoms with E-state index in [9.17, 15) is 0 Å². The van der Waals surface area contributed by atoms with Gasteiger partial charge < -0.3 is 0 Å². The lowest BCUT2D eigenvalue weighted by molar-refractivity contribution is 0.731. The maximum Gasteiger partial charge on any atom is 0.114 e. The molecule has 1 saturated carbocycles. The molecule has 1 aliphatic rings. The van der Waals surface area contributed by atoms with Crippen molar-refractivity contribution < 1.29 is 0 Å². The first-order chi connectivity index (χ1) is 6.79. The van der Waals surface area contributed by atoms with Crippen LogP contribution in [0.25, 0.3) is 0 Å². The van der Waals surface area contributed by atoms with Crippen LogP contribution >= 0.6 is 0 Å². The Morgan fingerprint density at radius 2 is 1.93 bits per heavy atom. The smallest absolute Gasteiger partial charge is 0.114 e. The molecule has 0 N–H and O–H groups in total. The van der Waals surface area contributed by atoms with E-state index in [0.29, 0.717) is 0 Å². The highest BCUT2D eigenvalue weighted by Gasteiger charge is 2.13. The van der Waals surface area contributed by atoms with E-state index >= 15 is 0 Å². The van der Waals surface area contributed by atoms with Gasteiger partial charge in [0.25, 0.3) is 0 Å². The maximum absolute atomic E-state index is 5.79. The summed E-state index contributed by atoms with van der Waals surface area (Å²) in [6, 6.07) is 0. The Morgan fingerprint density at radius 3 is 2.43 bits per heavy atom. The minimum absolute atomic E-state index is 0.801. The molecule has 0 saturated heterocycles. The highest BCUT2D eigenvalue weighted by atomic mass is 14.7. The summed E-state index contributed by atoms with van der Waals surface area (Å²) in [6.45, 7) is 7.67. The lowest BCUT2D eigenvalue weighted by atomic mass is 9.81. The fraction of sp³-hybridized carbons (Fsp3) is 0.583. The Balaban J connectivity index is 0.000000791. The van der Waals surface area contributed by atoms with E-state index in [-0.39, 0.29) is 0 Å².